The fraction of sp³-hybridized carbons (Fsp3) is 0.438. The molecule has 0 amide bonds. The van der Waals surface area contributed by atoms with Gasteiger partial charge in [-0.1, -0.05) is 46.4 Å². The Kier molecular flexibility index (Phi) is 11.9. The van der Waals surface area contributed by atoms with Crippen LogP contribution in [0.25, 0.3) is 0 Å². The molecular weight excluding hydrogens is 328 g/mol. The molecule has 125 valence electrons. The van der Waals surface area contributed by atoms with E-state index in [9.17, 15) is 0 Å². The van der Waals surface area contributed by atoms with Gasteiger partial charge in [-0.2, -0.15) is 0 Å². The van der Waals surface area contributed by atoms with Crippen LogP contribution >= 0.6 is 0 Å². The topological polar surface area (TPSA) is 81.0 Å². The molecule has 0 aliphatic rings. The molecule has 7 heteroatoms. The summed E-state index contributed by atoms with van der Waals surface area (Å²) in [6.07, 6.45) is 0. The van der Waals surface area contributed by atoms with Gasteiger partial charge in [0.05, 0.1) is 0 Å². The normalized spacial score (nSPS) is 8.61. The van der Waals surface area contributed by atoms with Gasteiger partial charge >= 0.3 is 17.4 Å². The Labute approximate surface area is 149 Å². The van der Waals surface area contributed by atoms with Crippen molar-refractivity contribution >= 4 is 0 Å². The minimum Gasteiger partial charge on any atom is -0.579 e. The summed E-state index contributed by atoms with van der Waals surface area (Å²) in [6, 6.07) is 5.83. The van der Waals surface area contributed by atoms with E-state index in [2.05, 4.69) is 30.6 Å². The first-order chi connectivity index (χ1) is 9.86. The summed E-state index contributed by atoms with van der Waals surface area (Å²) in [6.45, 7) is 11.6. The van der Waals surface area contributed by atoms with Crippen molar-refractivity contribution in [3.8, 4) is 0 Å². The Bertz CT molecular complexity index is 512. The molecular formula is C16H25CrN6. The SMILES string of the molecule is C.Cc1cc(C)[n-]n1.Cc1cc(C)[n-]n1.Cc1cc(C)[n-]n1.[Cr+3]. The Morgan fingerprint density at radius 1 is 0.565 bits per heavy atom. The average molecular weight is 353 g/mol. The first kappa shape index (κ1) is 23.4. The molecule has 0 aliphatic carbocycles. The molecule has 0 bridgehead atoms. The molecule has 0 fully saturated rings. The summed E-state index contributed by atoms with van der Waals surface area (Å²) >= 11 is 0. The van der Waals surface area contributed by atoms with E-state index in [0.717, 1.165) is 34.2 Å². The van der Waals surface area contributed by atoms with Crippen molar-refractivity contribution in [1.29, 1.82) is 0 Å². The third-order valence-electron chi connectivity index (χ3n) is 2.35. The second-order valence-electron chi connectivity index (χ2n) is 4.88. The van der Waals surface area contributed by atoms with Gasteiger partial charge in [-0.15, -0.1) is 17.1 Å². The molecule has 0 aromatic carbocycles. The second kappa shape index (κ2) is 11.7. The van der Waals surface area contributed by atoms with E-state index < -0.39 is 0 Å². The van der Waals surface area contributed by atoms with Crippen molar-refractivity contribution in [2.24, 2.45) is 0 Å². The van der Waals surface area contributed by atoms with Gasteiger partial charge in [-0.25, -0.2) is 0 Å². The molecule has 0 unspecified atom stereocenters. The van der Waals surface area contributed by atoms with E-state index in [1.807, 2.05) is 59.7 Å². The number of nitrogens with zero attached hydrogens (tertiary/aromatic N) is 6. The molecule has 0 atom stereocenters. The predicted octanol–water partition coefficient (Wildman–Crippen LogP) is 2.60. The van der Waals surface area contributed by atoms with Gasteiger partial charge in [0.2, 0.25) is 0 Å². The molecule has 3 heterocycles. The molecule has 3 aromatic rings. The van der Waals surface area contributed by atoms with Crippen LogP contribution in [0.5, 0.6) is 0 Å². The van der Waals surface area contributed by atoms with E-state index >= 15 is 0 Å². The number of rotatable bonds is 0. The van der Waals surface area contributed by atoms with Crippen LogP contribution in [-0.2, 0) is 17.4 Å². The molecule has 1 radical (unpaired) electrons. The van der Waals surface area contributed by atoms with E-state index in [1.165, 1.54) is 0 Å². The van der Waals surface area contributed by atoms with Gasteiger partial charge < -0.3 is 30.6 Å². The van der Waals surface area contributed by atoms with Gasteiger partial charge in [0.1, 0.15) is 0 Å². The van der Waals surface area contributed by atoms with Crippen molar-refractivity contribution in [2.75, 3.05) is 0 Å². The average Bonchev–Trinajstić information content (AvgIpc) is 3.06. The minimum absolute atomic E-state index is 0. The zero-order valence-electron chi connectivity index (χ0n) is 13.8. The van der Waals surface area contributed by atoms with Crippen LogP contribution in [0.15, 0.2) is 18.2 Å². The van der Waals surface area contributed by atoms with Crippen LogP contribution in [0.2, 0.25) is 0 Å². The van der Waals surface area contributed by atoms with Gasteiger partial charge in [-0.3, -0.25) is 0 Å². The Morgan fingerprint density at radius 2 is 0.783 bits per heavy atom. The van der Waals surface area contributed by atoms with Gasteiger partial charge in [0, 0.05) is 17.1 Å². The Morgan fingerprint density at radius 3 is 0.826 bits per heavy atom. The third kappa shape index (κ3) is 10.5. The molecule has 3 rings (SSSR count). The van der Waals surface area contributed by atoms with Crippen LogP contribution in [0.1, 0.15) is 41.6 Å². The van der Waals surface area contributed by atoms with Gasteiger partial charge in [-0.05, 0) is 20.8 Å². The fourth-order valence-electron chi connectivity index (χ4n) is 1.55. The summed E-state index contributed by atoms with van der Waals surface area (Å²) in [5, 5.41) is 22.6. The minimum atomic E-state index is 0. The van der Waals surface area contributed by atoms with Crippen LogP contribution < -0.4 is 15.3 Å². The Hall–Kier alpha value is -1.84. The quantitative estimate of drug-likeness (QED) is 0.618. The van der Waals surface area contributed by atoms with Gasteiger partial charge in [0.25, 0.3) is 0 Å². The van der Waals surface area contributed by atoms with E-state index in [1.54, 1.807) is 0 Å². The molecule has 23 heavy (non-hydrogen) atoms. The zero-order valence-corrected chi connectivity index (χ0v) is 15.1. The predicted molar refractivity (Wildman–Crippen MR) is 87.8 cm³/mol. The number of hydrogen-bond acceptors (Lipinski definition) is 3. The zero-order chi connectivity index (χ0) is 15.8. The standard InChI is InChI=1S/3C5H7N2.CH4.Cr/c3*1-4-3-5(2)7-6-4;;/h3*3H,1-2H3;1H4;/q3*-1;;+3. The number of aromatic nitrogens is 6. The van der Waals surface area contributed by atoms with Crippen molar-refractivity contribution in [3.63, 3.8) is 0 Å². The molecule has 0 saturated heterocycles. The summed E-state index contributed by atoms with van der Waals surface area (Å²) in [5.41, 5.74) is 5.99. The van der Waals surface area contributed by atoms with E-state index in [0.29, 0.717) is 0 Å². The maximum absolute atomic E-state index is 3.77. The summed E-state index contributed by atoms with van der Waals surface area (Å²) in [4.78, 5) is 0. The first-order valence-electron chi connectivity index (χ1n) is 6.67. The molecule has 0 aliphatic heterocycles. The molecule has 0 saturated carbocycles. The molecule has 0 spiro atoms. The number of aryl methyl sites for hydroxylation is 6. The van der Waals surface area contributed by atoms with Gasteiger partial charge in [0.15, 0.2) is 0 Å². The molecule has 3 aromatic heterocycles. The van der Waals surface area contributed by atoms with E-state index in [-0.39, 0.29) is 24.8 Å². The van der Waals surface area contributed by atoms with Crippen LogP contribution in [-0.4, -0.2) is 15.3 Å². The van der Waals surface area contributed by atoms with Crippen LogP contribution in [0.4, 0.5) is 0 Å². The van der Waals surface area contributed by atoms with E-state index in [4.69, 9.17) is 0 Å². The van der Waals surface area contributed by atoms with Crippen molar-refractivity contribution in [1.82, 2.24) is 30.6 Å². The van der Waals surface area contributed by atoms with Crippen molar-refractivity contribution < 1.29 is 17.4 Å². The summed E-state index contributed by atoms with van der Waals surface area (Å²) < 4.78 is 0. The first-order valence-corrected chi connectivity index (χ1v) is 6.67. The maximum Gasteiger partial charge on any atom is 3.00 e. The number of hydrogen-bond donors (Lipinski definition) is 0. The largest absolute Gasteiger partial charge is 3.00 e. The summed E-state index contributed by atoms with van der Waals surface area (Å²) in [5.74, 6) is 0. The third-order valence-corrected chi connectivity index (χ3v) is 2.35. The summed E-state index contributed by atoms with van der Waals surface area (Å²) in [7, 11) is 0. The monoisotopic (exact) mass is 353 g/mol. The molecule has 6 nitrogen and oxygen atoms in total. The van der Waals surface area contributed by atoms with Crippen molar-refractivity contribution in [3.05, 3.63) is 52.4 Å². The Balaban J connectivity index is 0. The molecule has 0 N–H and O–H groups in total. The second-order valence-corrected chi connectivity index (χ2v) is 4.88. The fourth-order valence-corrected chi connectivity index (χ4v) is 1.55. The maximum atomic E-state index is 3.77. The smallest absolute Gasteiger partial charge is 0.579 e. The van der Waals surface area contributed by atoms with Crippen molar-refractivity contribution in [2.45, 2.75) is 49.0 Å². The van der Waals surface area contributed by atoms with Crippen LogP contribution in [0, 0.1) is 41.5 Å². The van der Waals surface area contributed by atoms with Crippen LogP contribution in [0.3, 0.4) is 0 Å².